The molecule has 1 aliphatic heterocycles. The molecule has 19 heavy (non-hydrogen) atoms. The number of aromatic nitrogens is 1. The van der Waals surface area contributed by atoms with Gasteiger partial charge in [0.1, 0.15) is 0 Å². The highest BCUT2D eigenvalue weighted by molar-refractivity contribution is 5.98. The lowest BCUT2D eigenvalue weighted by Crippen LogP contribution is -2.50. The van der Waals surface area contributed by atoms with E-state index in [9.17, 15) is 9.18 Å². The predicted molar refractivity (Wildman–Crippen MR) is 66.3 cm³/mol. The Bertz CT molecular complexity index is 506. The number of amides is 1. The molecule has 0 bridgehead atoms. The number of nitrogens with zero attached hydrogens (tertiary/aromatic N) is 3. The number of hydrogen-bond acceptors (Lipinski definition) is 4. The predicted octanol–water partition coefficient (Wildman–Crippen LogP) is 0.962. The third kappa shape index (κ3) is 2.64. The molecule has 0 radical (unpaired) electrons. The van der Waals surface area contributed by atoms with Gasteiger partial charge in [-0.05, 0) is 25.3 Å². The number of pyridine rings is 1. The maximum Gasteiger partial charge on any atom is 0.257 e. The van der Waals surface area contributed by atoms with E-state index in [1.165, 1.54) is 17.2 Å². The molecular weight excluding hydrogens is 251 g/mol. The molecule has 3 N–H and O–H groups in total. The van der Waals surface area contributed by atoms with Crippen molar-refractivity contribution in [3.63, 3.8) is 0 Å². The van der Waals surface area contributed by atoms with Gasteiger partial charge in [-0.25, -0.2) is 4.39 Å². The van der Waals surface area contributed by atoms with Crippen LogP contribution in [0.1, 0.15) is 29.6 Å². The Balaban J connectivity index is 2.28. The molecule has 1 aromatic heterocycles. The fourth-order valence-corrected chi connectivity index (χ4v) is 2.25. The van der Waals surface area contributed by atoms with Crippen molar-refractivity contribution in [2.75, 3.05) is 6.54 Å². The summed E-state index contributed by atoms with van der Waals surface area (Å²) in [6.45, 7) is 0.460. The molecular formula is C12H15FN4O2. The van der Waals surface area contributed by atoms with E-state index in [-0.39, 0.29) is 11.4 Å². The van der Waals surface area contributed by atoms with E-state index in [4.69, 9.17) is 10.9 Å². The molecule has 1 amide bonds. The van der Waals surface area contributed by atoms with E-state index >= 15 is 0 Å². The summed E-state index contributed by atoms with van der Waals surface area (Å²) in [5, 5.41) is 11.7. The van der Waals surface area contributed by atoms with Crippen LogP contribution in [0.4, 0.5) is 4.39 Å². The second-order valence-electron chi connectivity index (χ2n) is 4.39. The zero-order chi connectivity index (χ0) is 13.8. The lowest BCUT2D eigenvalue weighted by atomic mass is 10.00. The Morgan fingerprint density at radius 1 is 1.58 bits per heavy atom. The molecule has 6 nitrogen and oxygen atoms in total. The van der Waals surface area contributed by atoms with Crippen LogP contribution < -0.4 is 5.73 Å². The summed E-state index contributed by atoms with van der Waals surface area (Å²) in [5.41, 5.74) is 5.54. The second-order valence-corrected chi connectivity index (χ2v) is 4.39. The number of rotatable bonds is 2. The highest BCUT2D eigenvalue weighted by Gasteiger charge is 2.31. The Morgan fingerprint density at radius 2 is 2.37 bits per heavy atom. The summed E-state index contributed by atoms with van der Waals surface area (Å²) in [4.78, 5) is 17.4. The largest absolute Gasteiger partial charge is 0.409 e. The number of carbonyl (C=O) groups excluding carboxylic acids is 1. The van der Waals surface area contributed by atoms with Gasteiger partial charge in [-0.15, -0.1) is 0 Å². The number of hydrogen-bond donors (Lipinski definition) is 2. The van der Waals surface area contributed by atoms with Crippen molar-refractivity contribution < 1.29 is 14.4 Å². The molecule has 1 unspecified atom stereocenters. The zero-order valence-electron chi connectivity index (χ0n) is 10.3. The number of amidine groups is 1. The van der Waals surface area contributed by atoms with Gasteiger partial charge in [0.15, 0.2) is 11.7 Å². The van der Waals surface area contributed by atoms with Gasteiger partial charge in [0.25, 0.3) is 5.91 Å². The van der Waals surface area contributed by atoms with Gasteiger partial charge in [-0.1, -0.05) is 5.16 Å². The van der Waals surface area contributed by atoms with E-state index in [1.54, 1.807) is 0 Å². The summed E-state index contributed by atoms with van der Waals surface area (Å²) in [6, 6.07) is 0.842. The van der Waals surface area contributed by atoms with Gasteiger partial charge >= 0.3 is 0 Å². The third-order valence-electron chi connectivity index (χ3n) is 3.22. The quantitative estimate of drug-likeness (QED) is 0.361. The fourth-order valence-electron chi connectivity index (χ4n) is 2.25. The van der Waals surface area contributed by atoms with Crippen LogP contribution in [0.2, 0.25) is 0 Å². The molecule has 1 aliphatic rings. The topological polar surface area (TPSA) is 91.8 Å². The third-order valence-corrected chi connectivity index (χ3v) is 3.22. The van der Waals surface area contributed by atoms with Crippen LogP contribution in [-0.4, -0.2) is 39.4 Å². The van der Waals surface area contributed by atoms with E-state index < -0.39 is 17.8 Å². The van der Waals surface area contributed by atoms with Gasteiger partial charge in [0, 0.05) is 12.7 Å². The lowest BCUT2D eigenvalue weighted by molar-refractivity contribution is 0.0671. The van der Waals surface area contributed by atoms with Gasteiger partial charge in [0.2, 0.25) is 0 Å². The normalized spacial score (nSPS) is 20.4. The maximum absolute atomic E-state index is 13.6. The molecule has 0 spiro atoms. The standard InChI is InChI=1S/C12H15FN4O2/c13-9-7-15-5-4-8(9)12(18)17-6-2-1-3-10(17)11(14)16-19/h4-5,7,10,19H,1-3,6H2,(H2,14,16). The zero-order valence-corrected chi connectivity index (χ0v) is 10.3. The smallest absolute Gasteiger partial charge is 0.257 e. The van der Waals surface area contributed by atoms with Crippen molar-refractivity contribution in [3.8, 4) is 0 Å². The van der Waals surface area contributed by atoms with Gasteiger partial charge in [-0.2, -0.15) is 0 Å². The minimum absolute atomic E-state index is 0.0254. The van der Waals surface area contributed by atoms with Gasteiger partial charge < -0.3 is 15.8 Å². The molecule has 1 saturated heterocycles. The summed E-state index contributed by atoms with van der Waals surface area (Å²) >= 11 is 0. The average Bonchev–Trinajstić information content (AvgIpc) is 2.46. The average molecular weight is 266 g/mol. The molecule has 1 atom stereocenters. The Kier molecular flexibility index (Phi) is 3.94. The van der Waals surface area contributed by atoms with Crippen molar-refractivity contribution >= 4 is 11.7 Å². The summed E-state index contributed by atoms with van der Waals surface area (Å²) in [6.07, 6.45) is 4.65. The van der Waals surface area contributed by atoms with Crippen LogP contribution in [0.3, 0.4) is 0 Å². The van der Waals surface area contributed by atoms with E-state index in [2.05, 4.69) is 10.1 Å². The summed E-state index contributed by atoms with van der Waals surface area (Å²) in [5.74, 6) is -1.16. The second kappa shape index (κ2) is 5.64. The number of oxime groups is 1. The molecule has 2 rings (SSSR count). The Labute approximate surface area is 109 Å². The molecule has 0 saturated carbocycles. The molecule has 0 aliphatic carbocycles. The number of piperidine rings is 1. The van der Waals surface area contributed by atoms with Crippen LogP contribution in [0.25, 0.3) is 0 Å². The highest BCUT2D eigenvalue weighted by Crippen LogP contribution is 2.20. The number of nitrogens with two attached hydrogens (primary N) is 1. The van der Waals surface area contributed by atoms with Crippen molar-refractivity contribution in [1.29, 1.82) is 0 Å². The van der Waals surface area contributed by atoms with Crippen molar-refractivity contribution in [2.45, 2.75) is 25.3 Å². The van der Waals surface area contributed by atoms with Crippen molar-refractivity contribution in [1.82, 2.24) is 9.88 Å². The minimum atomic E-state index is -0.670. The number of carbonyl (C=O) groups is 1. The van der Waals surface area contributed by atoms with Crippen LogP contribution in [0.15, 0.2) is 23.6 Å². The SMILES string of the molecule is NC(=NO)C1CCCCN1C(=O)c1ccncc1F. The van der Waals surface area contributed by atoms with Gasteiger partial charge in [0.05, 0.1) is 17.8 Å². The fraction of sp³-hybridized carbons (Fsp3) is 0.417. The highest BCUT2D eigenvalue weighted by atomic mass is 19.1. The first kappa shape index (κ1) is 13.3. The minimum Gasteiger partial charge on any atom is -0.409 e. The van der Waals surface area contributed by atoms with Gasteiger partial charge in [-0.3, -0.25) is 9.78 Å². The maximum atomic E-state index is 13.6. The van der Waals surface area contributed by atoms with E-state index in [1.807, 2.05) is 0 Å². The Hall–Kier alpha value is -2.18. The molecule has 102 valence electrons. The van der Waals surface area contributed by atoms with Crippen LogP contribution >= 0.6 is 0 Å². The van der Waals surface area contributed by atoms with Crippen LogP contribution in [-0.2, 0) is 0 Å². The first-order valence-corrected chi connectivity index (χ1v) is 6.03. The van der Waals surface area contributed by atoms with Crippen LogP contribution in [0.5, 0.6) is 0 Å². The molecule has 7 heteroatoms. The lowest BCUT2D eigenvalue weighted by Gasteiger charge is -2.34. The number of halogens is 1. The van der Waals surface area contributed by atoms with E-state index in [0.29, 0.717) is 13.0 Å². The molecule has 2 heterocycles. The summed E-state index contributed by atoms with van der Waals surface area (Å²) < 4.78 is 13.6. The van der Waals surface area contributed by atoms with Crippen molar-refractivity contribution in [2.24, 2.45) is 10.9 Å². The molecule has 1 fully saturated rings. The van der Waals surface area contributed by atoms with E-state index in [0.717, 1.165) is 19.0 Å². The molecule has 1 aromatic rings. The monoisotopic (exact) mass is 266 g/mol. The Morgan fingerprint density at radius 3 is 3.05 bits per heavy atom. The first-order valence-electron chi connectivity index (χ1n) is 6.03. The van der Waals surface area contributed by atoms with Crippen molar-refractivity contribution in [3.05, 3.63) is 29.8 Å². The summed E-state index contributed by atoms with van der Waals surface area (Å²) in [7, 11) is 0. The van der Waals surface area contributed by atoms with Crippen LogP contribution in [0, 0.1) is 5.82 Å². The number of likely N-dealkylation sites (tertiary alicyclic amines) is 1. The molecule has 0 aromatic carbocycles. The first-order chi connectivity index (χ1) is 9.15.